The molecule has 142 valence electrons. The van der Waals surface area contributed by atoms with Gasteiger partial charge in [-0.05, 0) is 67.9 Å². The molecule has 0 unspecified atom stereocenters. The summed E-state index contributed by atoms with van der Waals surface area (Å²) in [6.07, 6.45) is 1.97. The molecule has 1 amide bonds. The molecule has 4 rings (SSSR count). The first-order valence-corrected chi connectivity index (χ1v) is 10.6. The van der Waals surface area contributed by atoms with Crippen molar-refractivity contribution in [3.05, 3.63) is 68.2 Å². The largest absolute Gasteiger partial charge is 0.347 e. The lowest BCUT2D eigenvalue weighted by Gasteiger charge is -2.04. The van der Waals surface area contributed by atoms with Crippen LogP contribution in [0.3, 0.4) is 0 Å². The summed E-state index contributed by atoms with van der Waals surface area (Å²) in [5.74, 6) is -0.110. The van der Waals surface area contributed by atoms with E-state index < -0.39 is 0 Å². The first kappa shape index (κ1) is 19.0. The van der Waals surface area contributed by atoms with Gasteiger partial charge in [-0.3, -0.25) is 4.79 Å². The summed E-state index contributed by atoms with van der Waals surface area (Å²) in [6, 6.07) is 12.3. The summed E-state index contributed by atoms with van der Waals surface area (Å²) in [5.41, 5.74) is 6.44. The van der Waals surface area contributed by atoms with Crippen molar-refractivity contribution in [1.29, 1.82) is 0 Å². The number of hydrogen-bond donors (Lipinski definition) is 1. The number of carbonyl (C=O) groups is 1. The van der Waals surface area contributed by atoms with Crippen LogP contribution in [-0.2, 0) is 11.8 Å². The zero-order valence-corrected chi connectivity index (χ0v) is 18.5. The number of nitrogens with zero attached hydrogens (tertiary/aromatic N) is 2. The van der Waals surface area contributed by atoms with Crippen molar-refractivity contribution in [1.82, 2.24) is 9.88 Å². The Labute approximate surface area is 176 Å². The molecule has 1 aliphatic rings. The van der Waals surface area contributed by atoms with Gasteiger partial charge in [0.15, 0.2) is 5.17 Å². The number of aromatic nitrogens is 1. The predicted octanol–water partition coefficient (Wildman–Crippen LogP) is 5.76. The highest BCUT2D eigenvalue weighted by Gasteiger charge is 2.25. The summed E-state index contributed by atoms with van der Waals surface area (Å²) in [6.45, 7) is 6.15. The summed E-state index contributed by atoms with van der Waals surface area (Å²) < 4.78 is 3.24. The molecular formula is C22H20BrN3OS. The Morgan fingerprint density at radius 2 is 1.82 bits per heavy atom. The summed E-state index contributed by atoms with van der Waals surface area (Å²) in [7, 11) is 2.05. The quantitative estimate of drug-likeness (QED) is 0.501. The van der Waals surface area contributed by atoms with Crippen LogP contribution in [0.15, 0.2) is 50.8 Å². The van der Waals surface area contributed by atoms with Crippen LogP contribution in [0.25, 0.3) is 17.0 Å². The van der Waals surface area contributed by atoms with E-state index in [4.69, 9.17) is 0 Å². The molecule has 3 aromatic rings. The fourth-order valence-electron chi connectivity index (χ4n) is 3.45. The zero-order chi connectivity index (χ0) is 20.0. The smallest absolute Gasteiger partial charge is 0.264 e. The van der Waals surface area contributed by atoms with Crippen molar-refractivity contribution in [3.8, 4) is 0 Å². The van der Waals surface area contributed by atoms with Crippen LogP contribution < -0.4 is 5.32 Å². The van der Waals surface area contributed by atoms with Gasteiger partial charge in [0.2, 0.25) is 0 Å². The average Bonchev–Trinajstić information content (AvgIpc) is 3.12. The van der Waals surface area contributed by atoms with Gasteiger partial charge >= 0.3 is 0 Å². The van der Waals surface area contributed by atoms with Gasteiger partial charge in [0.25, 0.3) is 5.91 Å². The average molecular weight is 454 g/mol. The van der Waals surface area contributed by atoms with E-state index >= 15 is 0 Å². The number of aryl methyl sites for hydroxylation is 3. The highest BCUT2D eigenvalue weighted by atomic mass is 79.9. The Kier molecular flexibility index (Phi) is 4.93. The first-order chi connectivity index (χ1) is 13.3. The maximum atomic E-state index is 12.5. The molecule has 1 saturated heterocycles. The molecule has 0 spiro atoms. The Balaban J connectivity index is 1.71. The van der Waals surface area contributed by atoms with Gasteiger partial charge in [-0.25, -0.2) is 4.99 Å². The number of amidine groups is 1. The predicted molar refractivity (Wildman–Crippen MR) is 122 cm³/mol. The molecule has 28 heavy (non-hydrogen) atoms. The third-order valence-corrected chi connectivity index (χ3v) is 7.19. The Morgan fingerprint density at radius 1 is 1.14 bits per heavy atom. The van der Waals surface area contributed by atoms with Crippen molar-refractivity contribution < 1.29 is 4.79 Å². The van der Waals surface area contributed by atoms with Crippen LogP contribution in [0.4, 0.5) is 5.69 Å². The van der Waals surface area contributed by atoms with Gasteiger partial charge in [0.1, 0.15) is 0 Å². The molecule has 6 heteroatoms. The summed E-state index contributed by atoms with van der Waals surface area (Å²) in [5, 5.41) is 4.64. The second-order valence-electron chi connectivity index (χ2n) is 6.95. The second-order valence-corrected chi connectivity index (χ2v) is 8.77. The molecule has 1 fully saturated rings. The van der Waals surface area contributed by atoms with E-state index in [1.54, 1.807) is 0 Å². The number of para-hydroxylation sites is 1. The van der Waals surface area contributed by atoms with Crippen molar-refractivity contribution in [2.45, 2.75) is 20.8 Å². The lowest BCUT2D eigenvalue weighted by Crippen LogP contribution is -2.19. The van der Waals surface area contributed by atoms with E-state index in [1.807, 2.05) is 51.2 Å². The number of benzene rings is 2. The number of amides is 1. The fraction of sp³-hybridized carbons (Fsp3) is 0.182. The first-order valence-electron chi connectivity index (χ1n) is 8.95. The number of aliphatic imine (C=N–C) groups is 1. The Morgan fingerprint density at radius 3 is 2.54 bits per heavy atom. The van der Waals surface area contributed by atoms with Gasteiger partial charge in [0, 0.05) is 33.7 Å². The minimum atomic E-state index is -0.110. The van der Waals surface area contributed by atoms with E-state index in [2.05, 4.69) is 49.9 Å². The van der Waals surface area contributed by atoms with Crippen LogP contribution in [0.1, 0.15) is 22.4 Å². The van der Waals surface area contributed by atoms with E-state index in [-0.39, 0.29) is 5.91 Å². The van der Waals surface area contributed by atoms with E-state index in [1.165, 1.54) is 11.8 Å². The Bertz CT molecular complexity index is 1170. The van der Waals surface area contributed by atoms with Gasteiger partial charge in [0.05, 0.1) is 10.6 Å². The van der Waals surface area contributed by atoms with Crippen LogP contribution in [0.5, 0.6) is 0 Å². The molecule has 1 aliphatic heterocycles. The van der Waals surface area contributed by atoms with E-state index in [0.717, 1.165) is 43.4 Å². The lowest BCUT2D eigenvalue weighted by molar-refractivity contribution is -0.115. The number of rotatable bonds is 2. The number of halogens is 1. The van der Waals surface area contributed by atoms with Gasteiger partial charge in [-0.1, -0.05) is 34.1 Å². The molecule has 0 saturated carbocycles. The third kappa shape index (κ3) is 3.31. The molecule has 1 aromatic heterocycles. The SMILES string of the molecule is Cc1cc(N=C2NC(=O)/C(=C/c3c(C)n(C)c4ccccc34)S2)cc(C)c1Br. The maximum absolute atomic E-state index is 12.5. The van der Waals surface area contributed by atoms with Crippen LogP contribution in [0, 0.1) is 20.8 Å². The minimum absolute atomic E-state index is 0.110. The molecule has 4 nitrogen and oxygen atoms in total. The normalized spacial score (nSPS) is 17.1. The maximum Gasteiger partial charge on any atom is 0.264 e. The fourth-order valence-corrected chi connectivity index (χ4v) is 4.50. The number of thioether (sulfide) groups is 1. The summed E-state index contributed by atoms with van der Waals surface area (Å²) in [4.78, 5) is 17.8. The highest BCUT2D eigenvalue weighted by molar-refractivity contribution is 9.10. The van der Waals surface area contributed by atoms with Crippen molar-refractivity contribution in [3.63, 3.8) is 0 Å². The van der Waals surface area contributed by atoms with Crippen molar-refractivity contribution >= 4 is 61.4 Å². The molecule has 0 aliphatic carbocycles. The number of hydrogen-bond acceptors (Lipinski definition) is 3. The standard InChI is InChI=1S/C22H20BrN3OS/c1-12-9-15(10-13(2)20(12)23)24-22-25-21(27)19(28-22)11-17-14(3)26(4)18-8-6-5-7-16(17)18/h5-11H,1-4H3,(H,24,25,27)/b19-11-. The van der Waals surface area contributed by atoms with Crippen molar-refractivity contribution in [2.75, 3.05) is 0 Å². The molecule has 0 radical (unpaired) electrons. The molecule has 0 atom stereocenters. The molecule has 1 N–H and O–H groups in total. The molecular weight excluding hydrogens is 434 g/mol. The van der Waals surface area contributed by atoms with E-state index in [0.29, 0.717) is 10.1 Å². The van der Waals surface area contributed by atoms with Crippen LogP contribution in [-0.4, -0.2) is 15.6 Å². The van der Waals surface area contributed by atoms with Gasteiger partial charge in [-0.15, -0.1) is 0 Å². The monoisotopic (exact) mass is 453 g/mol. The summed E-state index contributed by atoms with van der Waals surface area (Å²) >= 11 is 4.96. The minimum Gasteiger partial charge on any atom is -0.347 e. The number of carbonyl (C=O) groups excluding carboxylic acids is 1. The topological polar surface area (TPSA) is 46.4 Å². The third-order valence-electron chi connectivity index (χ3n) is 5.03. The molecule has 2 heterocycles. The Hall–Kier alpha value is -2.31. The van der Waals surface area contributed by atoms with Gasteiger partial charge in [-0.2, -0.15) is 0 Å². The zero-order valence-electron chi connectivity index (χ0n) is 16.1. The number of fused-ring (bicyclic) bond motifs is 1. The van der Waals surface area contributed by atoms with Crippen LogP contribution in [0.2, 0.25) is 0 Å². The van der Waals surface area contributed by atoms with Gasteiger partial charge < -0.3 is 9.88 Å². The van der Waals surface area contributed by atoms with E-state index in [9.17, 15) is 4.79 Å². The van der Waals surface area contributed by atoms with Crippen LogP contribution >= 0.6 is 27.7 Å². The lowest BCUT2D eigenvalue weighted by atomic mass is 10.1. The molecule has 2 aromatic carbocycles. The molecule has 0 bridgehead atoms. The van der Waals surface area contributed by atoms with Crippen molar-refractivity contribution in [2.24, 2.45) is 12.0 Å². The highest BCUT2D eigenvalue weighted by Crippen LogP contribution is 2.33. The second kappa shape index (κ2) is 7.26. The number of nitrogens with one attached hydrogen (secondary N) is 1.